The fraction of sp³-hybridized carbons (Fsp3) is 0.899. The average Bonchev–Trinajstić information content (AvgIpc) is 0.701. The Hall–Kier alpha value is -2.72. The highest BCUT2D eigenvalue weighted by molar-refractivity contribution is 8.01. The molecule has 30 aliphatic heterocycles. The number of hydrogen-bond acceptors (Lipinski definition) is 56. The Bertz CT molecular complexity index is 3810. The lowest BCUT2D eigenvalue weighted by Gasteiger charge is -2.62. The summed E-state index contributed by atoms with van der Waals surface area (Å²) in [6, 6.07) is 0. The van der Waals surface area contributed by atoms with Gasteiger partial charge in [-0.3, -0.25) is 0 Å². The van der Waals surface area contributed by atoms with Crippen LogP contribution >= 0.6 is 94.1 Å². The first-order valence-corrected chi connectivity index (χ1v) is 52.2. The summed E-state index contributed by atoms with van der Waals surface area (Å²) in [4.78, 5) is 95.0. The van der Waals surface area contributed by atoms with Crippen molar-refractivity contribution in [1.29, 1.82) is 0 Å². The number of aliphatic hydroxyl groups is 16. The van der Waals surface area contributed by atoms with Crippen molar-refractivity contribution in [2.75, 3.05) is 80.5 Å². The van der Waals surface area contributed by atoms with E-state index < -0.39 is 393 Å². The molecule has 0 aliphatic carbocycles. The predicted octanol–water partition coefficient (Wildman–Crippen LogP) is -15.8. The Labute approximate surface area is 807 Å². The lowest BCUT2D eigenvalue weighted by atomic mass is 9.68. The molecule has 30 saturated heterocycles. The Morgan fingerprint density at radius 1 is 0.311 bits per heavy atom. The first kappa shape index (κ1) is 116. The van der Waals surface area contributed by atoms with Crippen LogP contribution in [0.4, 0.5) is 0 Å². The van der Waals surface area contributed by atoms with E-state index in [0.29, 0.717) is 0 Å². The van der Waals surface area contributed by atoms with E-state index in [2.05, 4.69) is 0 Å². The normalized spacial score (nSPS) is 42.9. The standard InChI is InChI=1S/C79H126O48S8/c1-29(67(109)110)21-134-28-76(4)79(7)78(6,111)65(108)75(125-76)123-64-37(27-133-19-13-43(90)91)116-72(56(105)49(64)98)121-62-35(25-131-17-11-41(86)87)114-70(54(103)47(62)96)119-60-33(23-129-15-9-39(82)83)112-68(52(101)45(60)94)118-59-32(22-128-14-8-38(80)81)113-69(53(102)46(59)95)120-61-34(24-130-16-10-40(84)85)115-71(55(104)48(61)97)122-63-36(26-132-18-12-42(88)89)117-73(57(106)50(63)99)124-66-51(100)58(107)74(127-79)126-77(66,5)31(3)135-30(2)20-44(92)93/h29-37,45-66,68-75,94-108,111H,8-28H2,1-7H3,(H,80,81)(H,82,83)(H,84,85)(H,86,87)(H,88,89)(H,90,91)(H,92,93)(H,109,110)/p-8/t29?,30?,31?,32-,33-,34-,35-,36-,37-,45-,46-,47-,48-,49-,50-,51-,52-,53-,54-,55-,56-,57-,58-,59-,60-,61-,62-,63-,64-,65+,66+,68-,69-,70-,71-,72-,73-,74-,75+,76-,77-,78-,79-/m1/s1. The molecule has 0 aromatic carbocycles. The fourth-order valence-corrected chi connectivity index (χ4v) is 25.0. The molecular weight excluding hydrogens is 1970 g/mol. The molecule has 135 heavy (non-hydrogen) atoms. The van der Waals surface area contributed by atoms with Gasteiger partial charge in [0.1, 0.15) is 157 Å². The molecular formula is C79H118O48S8-8. The average molecular weight is 2090 g/mol. The van der Waals surface area contributed by atoms with Crippen molar-refractivity contribution in [1.82, 2.24) is 0 Å². The highest BCUT2D eigenvalue weighted by Crippen LogP contribution is 2.53. The first-order valence-electron chi connectivity index (χ1n) is 43.1. The minimum atomic E-state index is -2.91. The lowest BCUT2D eigenvalue weighted by Crippen LogP contribution is -2.80. The minimum absolute atomic E-state index is 0.244. The van der Waals surface area contributed by atoms with Gasteiger partial charge in [-0.1, -0.05) is 20.8 Å². The van der Waals surface area contributed by atoms with Crippen molar-refractivity contribution in [3.05, 3.63) is 0 Å². The number of thioether (sulfide) groups is 8. The minimum Gasteiger partial charge on any atom is -0.550 e. The van der Waals surface area contributed by atoms with Gasteiger partial charge in [-0.2, -0.15) is 94.1 Å². The number of carbonyl (C=O) groups is 8. The van der Waals surface area contributed by atoms with Gasteiger partial charge in [0.2, 0.25) is 0 Å². The quantitative estimate of drug-likeness (QED) is 0.0253. The number of hydrogen-bond donors (Lipinski definition) is 16. The zero-order valence-electron chi connectivity index (χ0n) is 73.9. The van der Waals surface area contributed by atoms with Gasteiger partial charge in [0.15, 0.2) is 50.3 Å². The maximum absolute atomic E-state index is 13.3. The van der Waals surface area contributed by atoms with Crippen LogP contribution in [-0.2, 0) is 114 Å². The summed E-state index contributed by atoms with van der Waals surface area (Å²) >= 11 is 6.59. The predicted molar refractivity (Wildman–Crippen MR) is 452 cm³/mol. The van der Waals surface area contributed by atoms with E-state index in [1.807, 2.05) is 0 Å². The number of carboxylic acid groups (broad SMARTS) is 8. The van der Waals surface area contributed by atoms with Crippen LogP contribution in [0.25, 0.3) is 0 Å². The van der Waals surface area contributed by atoms with Crippen LogP contribution in [-0.4, -0.2) is 464 Å². The van der Waals surface area contributed by atoms with E-state index in [9.17, 15) is 161 Å². The van der Waals surface area contributed by atoms with Crippen LogP contribution in [0.1, 0.15) is 93.4 Å². The molecule has 0 radical (unpaired) electrons. The molecule has 16 N–H and O–H groups in total. The molecule has 16 bridgehead atoms. The van der Waals surface area contributed by atoms with Crippen molar-refractivity contribution < 1.29 is 237 Å². The highest BCUT2D eigenvalue weighted by atomic mass is 32.2. The third-order valence-corrected chi connectivity index (χ3v) is 33.9. The summed E-state index contributed by atoms with van der Waals surface area (Å²) < 4.78 is 102. The number of ether oxygens (including phenoxy) is 16. The Kier molecular flexibility index (Phi) is 44.5. The molecule has 56 heteroatoms. The third-order valence-electron chi connectivity index (χ3n) is 24.5. The van der Waals surface area contributed by atoms with Gasteiger partial charge in [0.05, 0.1) is 36.6 Å². The van der Waals surface area contributed by atoms with E-state index >= 15 is 0 Å². The van der Waals surface area contributed by atoms with Crippen LogP contribution < -0.4 is 40.9 Å². The van der Waals surface area contributed by atoms with E-state index in [4.69, 9.17) is 75.8 Å². The van der Waals surface area contributed by atoms with Crippen molar-refractivity contribution >= 4 is 142 Å². The maximum atomic E-state index is 13.3. The van der Waals surface area contributed by atoms with E-state index in [1.54, 1.807) is 0 Å². The Morgan fingerprint density at radius 3 is 0.830 bits per heavy atom. The van der Waals surface area contributed by atoms with Crippen LogP contribution in [0.3, 0.4) is 0 Å². The topological polar surface area (TPSA) is 792 Å². The largest absolute Gasteiger partial charge is 0.550 e. The SMILES string of the molecule is CC(CC(=O)[O-])SC(C)[C@@]1(C)O[C@@H]2O[C@]3(C)[C@@](C)(CSCC(C)C(=O)[O-])O[C@H](O[C@H]4[C@H](O)[C@@H](O)[C@@H](O[C@H]5[C@H](O)[C@@H](O)[C@@H](O[C@H]6[C@H](O)[C@@H](O)[C@@H](O[C@H]7[C@H](O)[C@@H](O)[C@@H](O[C@H]8[C@H](O)[C@@H](O)[C@@H](O[C@H]9[C@H](O)[C@@H](O)[C@H](O[C@@H]9CSCCC(=O)[O-])O[C@H]1[C@H](O)[C@H]2O)O[C@@H]8CSCCC(=O)[O-])O[C@@H]7CSCCC(=O)[O-])O[C@@H]6CSCCC(=O)[O-])O[C@@H]5CSCCC(=O)[O-])O[C@@H]4CSCCC(=O)[O-])[C@H](O)[C@@]3(C)O. The number of aliphatic hydroxyl groups excluding tert-OH is 15. The highest BCUT2D eigenvalue weighted by Gasteiger charge is 2.71. The molecule has 3 unspecified atom stereocenters. The van der Waals surface area contributed by atoms with Gasteiger partial charge in [-0.15, -0.1) is 0 Å². The molecule has 30 aliphatic rings. The number of aliphatic carboxylic acids is 8. The van der Waals surface area contributed by atoms with Crippen molar-refractivity contribution in [2.45, 2.75) is 348 Å². The molecule has 48 nitrogen and oxygen atoms in total. The molecule has 30 heterocycles. The maximum Gasteiger partial charge on any atom is 0.187 e. The summed E-state index contributed by atoms with van der Waals surface area (Å²) in [5.74, 6) is -18.4. The molecule has 30 rings (SSSR count). The summed E-state index contributed by atoms with van der Waals surface area (Å²) in [6.07, 6.45) is -81.9. The first-order chi connectivity index (χ1) is 63.4. The zero-order chi connectivity index (χ0) is 100.0. The van der Waals surface area contributed by atoms with Gasteiger partial charge in [-0.25, -0.2) is 0 Å². The number of rotatable bonds is 40. The fourth-order valence-electron chi connectivity index (χ4n) is 16.4. The molecule has 0 aromatic rings. The monoisotopic (exact) mass is 2090 g/mol. The van der Waals surface area contributed by atoms with Gasteiger partial charge in [0.25, 0.3) is 0 Å². The van der Waals surface area contributed by atoms with E-state index in [-0.39, 0.29) is 40.3 Å². The molecule has 0 aromatic heterocycles. The third kappa shape index (κ3) is 29.4. The van der Waals surface area contributed by atoms with Crippen LogP contribution in [0, 0.1) is 5.92 Å². The lowest BCUT2D eigenvalue weighted by molar-refractivity contribution is -0.443. The number of carbonyl (C=O) groups excluding carboxylic acids is 8. The Morgan fingerprint density at radius 2 is 0.570 bits per heavy atom. The molecule has 30 fully saturated rings. The molecule has 0 spiro atoms. The molecule has 0 saturated carbocycles. The second-order valence-corrected chi connectivity index (χ2v) is 44.2. The summed E-state index contributed by atoms with van der Waals surface area (Å²) in [5, 5.41) is 292. The Balaban J connectivity index is 1.17. The van der Waals surface area contributed by atoms with E-state index in [1.165, 1.54) is 34.6 Å². The van der Waals surface area contributed by atoms with Gasteiger partial charge in [0, 0.05) is 110 Å². The van der Waals surface area contributed by atoms with Gasteiger partial charge >= 0.3 is 0 Å². The molecule has 43 atom stereocenters. The second kappa shape index (κ2) is 51.9. The van der Waals surface area contributed by atoms with Crippen LogP contribution in [0.15, 0.2) is 0 Å². The second-order valence-electron chi connectivity index (χ2n) is 34.5. The number of carboxylic acids is 8. The van der Waals surface area contributed by atoms with Gasteiger partial charge in [-0.05, 0) is 107 Å². The summed E-state index contributed by atoms with van der Waals surface area (Å²) in [5.41, 5.74) is -10.1. The van der Waals surface area contributed by atoms with E-state index in [0.717, 1.165) is 108 Å². The van der Waals surface area contributed by atoms with Crippen LogP contribution in [0.2, 0.25) is 0 Å². The van der Waals surface area contributed by atoms with Crippen molar-refractivity contribution in [3.63, 3.8) is 0 Å². The molecule has 778 valence electrons. The van der Waals surface area contributed by atoms with Crippen molar-refractivity contribution in [3.8, 4) is 0 Å². The molecule has 0 amide bonds. The smallest absolute Gasteiger partial charge is 0.187 e. The van der Waals surface area contributed by atoms with Crippen LogP contribution in [0.5, 0.6) is 0 Å². The summed E-state index contributed by atoms with van der Waals surface area (Å²) in [7, 11) is 0. The van der Waals surface area contributed by atoms with Gasteiger partial charge < -0.3 is 237 Å². The van der Waals surface area contributed by atoms with Crippen molar-refractivity contribution in [2.24, 2.45) is 5.92 Å². The zero-order valence-corrected chi connectivity index (χ0v) is 80.4. The summed E-state index contributed by atoms with van der Waals surface area (Å²) in [6.45, 7) is 8.79.